The van der Waals surface area contributed by atoms with Crippen LogP contribution in [0.5, 0.6) is 0 Å². The van der Waals surface area contributed by atoms with Gasteiger partial charge in [0.25, 0.3) is 5.91 Å². The number of para-hydroxylation sites is 1. The van der Waals surface area contributed by atoms with Crippen molar-refractivity contribution < 1.29 is 14.5 Å². The third-order valence-electron chi connectivity index (χ3n) is 3.11. The summed E-state index contributed by atoms with van der Waals surface area (Å²) in [6.45, 7) is 3.87. The molecule has 0 spiro atoms. The molecule has 0 fully saturated rings. The molecule has 2 aromatic rings. The largest absolute Gasteiger partial charge is 0.330 e. The summed E-state index contributed by atoms with van der Waals surface area (Å²) in [6.07, 6.45) is 0. The van der Waals surface area contributed by atoms with Crippen LogP contribution in [0.1, 0.15) is 24.8 Å². The summed E-state index contributed by atoms with van der Waals surface area (Å²) in [6, 6.07) is 10.1. The van der Waals surface area contributed by atoms with Gasteiger partial charge in [0, 0.05) is 0 Å². The van der Waals surface area contributed by atoms with Crippen molar-refractivity contribution in [1.82, 2.24) is 0 Å². The van der Waals surface area contributed by atoms with Crippen LogP contribution in [-0.4, -0.2) is 11.9 Å². The Bertz CT molecular complexity index is 571. The summed E-state index contributed by atoms with van der Waals surface area (Å²) in [5.41, 5.74) is 0.224. The van der Waals surface area contributed by atoms with E-state index >= 15 is 0 Å². The number of hydrogen-bond donors (Lipinski definition) is 2. The minimum absolute atomic E-state index is 0.196. The number of halogens is 1. The summed E-state index contributed by atoms with van der Waals surface area (Å²) in [5.74, 6) is -0.613. The van der Waals surface area contributed by atoms with Gasteiger partial charge in [-0.25, -0.2) is 4.39 Å². The van der Waals surface area contributed by atoms with Crippen molar-refractivity contribution >= 4 is 22.9 Å². The van der Waals surface area contributed by atoms with Crippen LogP contribution in [0.4, 0.5) is 10.1 Å². The van der Waals surface area contributed by atoms with Crippen LogP contribution < -0.4 is 10.6 Å². The van der Waals surface area contributed by atoms with Gasteiger partial charge in [0.05, 0.1) is 10.6 Å². The van der Waals surface area contributed by atoms with Crippen LogP contribution in [0.2, 0.25) is 0 Å². The molecule has 1 amide bonds. The summed E-state index contributed by atoms with van der Waals surface area (Å²) >= 11 is 1.67. The van der Waals surface area contributed by atoms with Gasteiger partial charge in [0.1, 0.15) is 11.9 Å². The molecule has 0 radical (unpaired) electrons. The monoisotopic (exact) mass is 293 g/mol. The van der Waals surface area contributed by atoms with Gasteiger partial charge in [-0.3, -0.25) is 4.79 Å². The number of carbonyl (C=O) groups excluding carboxylic acids is 1. The molecule has 1 heterocycles. The molecule has 1 aromatic carbocycles. The Labute approximate surface area is 121 Å². The summed E-state index contributed by atoms with van der Waals surface area (Å²) in [7, 11) is 0. The van der Waals surface area contributed by atoms with Crippen LogP contribution in [-0.2, 0) is 4.79 Å². The number of benzene rings is 1. The first-order valence-corrected chi connectivity index (χ1v) is 7.39. The molecule has 1 aromatic heterocycles. The second kappa shape index (κ2) is 6.63. The average molecular weight is 293 g/mol. The molecule has 0 saturated heterocycles. The Hall–Kier alpha value is -1.72. The lowest BCUT2D eigenvalue weighted by atomic mass is 10.2. The van der Waals surface area contributed by atoms with E-state index in [-0.39, 0.29) is 23.7 Å². The van der Waals surface area contributed by atoms with Crippen LogP contribution in [0, 0.1) is 5.82 Å². The molecule has 2 rings (SSSR count). The second-order valence-electron chi connectivity index (χ2n) is 4.75. The van der Waals surface area contributed by atoms with Crippen LogP contribution in [0.15, 0.2) is 41.8 Å². The van der Waals surface area contributed by atoms with Crippen molar-refractivity contribution in [2.45, 2.75) is 25.9 Å². The highest BCUT2D eigenvalue weighted by Crippen LogP contribution is 2.15. The quantitative estimate of drug-likeness (QED) is 0.874. The number of hydrogen-bond acceptors (Lipinski definition) is 2. The maximum Gasteiger partial charge on any atom is 0.282 e. The Balaban J connectivity index is 1.94. The molecule has 0 aliphatic rings. The molecular weight excluding hydrogens is 275 g/mol. The number of anilines is 1. The summed E-state index contributed by atoms with van der Waals surface area (Å²) < 4.78 is 13.5. The van der Waals surface area contributed by atoms with Crippen molar-refractivity contribution in [2.75, 3.05) is 5.32 Å². The number of quaternary nitrogens is 1. The number of nitrogens with one attached hydrogen (secondary N) is 1. The van der Waals surface area contributed by atoms with Gasteiger partial charge in [-0.05, 0) is 37.4 Å². The van der Waals surface area contributed by atoms with E-state index in [4.69, 9.17) is 0 Å². The van der Waals surface area contributed by atoms with Crippen molar-refractivity contribution in [1.29, 1.82) is 0 Å². The molecule has 2 atom stereocenters. The number of thiophene rings is 1. The maximum atomic E-state index is 13.5. The molecule has 3 nitrogen and oxygen atoms in total. The van der Waals surface area contributed by atoms with Gasteiger partial charge in [0.15, 0.2) is 6.04 Å². The highest BCUT2D eigenvalue weighted by molar-refractivity contribution is 7.10. The lowest BCUT2D eigenvalue weighted by Crippen LogP contribution is -2.91. The van der Waals surface area contributed by atoms with Gasteiger partial charge in [-0.15, -0.1) is 11.3 Å². The SMILES string of the molecule is C[C@H]([NH2+][C@@H](C)c1cccs1)C(=O)Nc1ccccc1F. The topological polar surface area (TPSA) is 45.7 Å². The van der Waals surface area contributed by atoms with E-state index < -0.39 is 5.82 Å². The fraction of sp³-hybridized carbons (Fsp3) is 0.267. The molecule has 0 unspecified atom stereocenters. The highest BCUT2D eigenvalue weighted by Gasteiger charge is 2.21. The number of rotatable bonds is 5. The normalized spacial score (nSPS) is 13.8. The van der Waals surface area contributed by atoms with E-state index in [9.17, 15) is 9.18 Å². The van der Waals surface area contributed by atoms with Gasteiger partial charge < -0.3 is 10.6 Å². The Morgan fingerprint density at radius 2 is 2.00 bits per heavy atom. The Morgan fingerprint density at radius 1 is 1.25 bits per heavy atom. The highest BCUT2D eigenvalue weighted by atomic mass is 32.1. The van der Waals surface area contributed by atoms with E-state index in [0.717, 1.165) is 0 Å². The molecule has 0 saturated carbocycles. The number of nitrogens with two attached hydrogens (primary N) is 1. The van der Waals surface area contributed by atoms with Gasteiger partial charge in [-0.2, -0.15) is 0 Å². The first-order chi connectivity index (χ1) is 9.58. The third-order valence-corrected chi connectivity index (χ3v) is 4.19. The fourth-order valence-electron chi connectivity index (χ4n) is 1.97. The predicted molar refractivity (Wildman–Crippen MR) is 79.2 cm³/mol. The summed E-state index contributed by atoms with van der Waals surface area (Å²) in [5, 5.41) is 6.61. The van der Waals surface area contributed by atoms with E-state index in [1.807, 2.05) is 29.8 Å². The zero-order chi connectivity index (χ0) is 14.5. The average Bonchev–Trinajstić information content (AvgIpc) is 2.95. The Kier molecular flexibility index (Phi) is 4.87. The van der Waals surface area contributed by atoms with E-state index in [0.29, 0.717) is 0 Å². The van der Waals surface area contributed by atoms with Crippen LogP contribution in [0.3, 0.4) is 0 Å². The Morgan fingerprint density at radius 3 is 2.65 bits per heavy atom. The number of carbonyl (C=O) groups is 1. The zero-order valence-electron chi connectivity index (χ0n) is 11.5. The molecular formula is C15H18FN2OS+. The minimum Gasteiger partial charge on any atom is -0.330 e. The standard InChI is InChI=1S/C15H17FN2OS/c1-10(14-8-5-9-20-14)17-11(2)15(19)18-13-7-4-3-6-12(13)16/h3-11,17H,1-2H3,(H,18,19)/p+1/t10-,11-/m0/s1. The summed E-state index contributed by atoms with van der Waals surface area (Å²) in [4.78, 5) is 13.3. The van der Waals surface area contributed by atoms with Crippen molar-refractivity contribution in [2.24, 2.45) is 0 Å². The van der Waals surface area contributed by atoms with E-state index in [2.05, 4.69) is 12.2 Å². The lowest BCUT2D eigenvalue weighted by Gasteiger charge is -2.15. The van der Waals surface area contributed by atoms with Gasteiger partial charge in [0.2, 0.25) is 0 Å². The van der Waals surface area contributed by atoms with Gasteiger partial charge in [-0.1, -0.05) is 18.2 Å². The first kappa shape index (κ1) is 14.7. The zero-order valence-corrected chi connectivity index (χ0v) is 12.3. The molecule has 5 heteroatoms. The van der Waals surface area contributed by atoms with Crippen molar-refractivity contribution in [3.05, 3.63) is 52.5 Å². The first-order valence-electron chi connectivity index (χ1n) is 6.51. The van der Waals surface area contributed by atoms with Crippen molar-refractivity contribution in [3.63, 3.8) is 0 Å². The fourth-order valence-corrected chi connectivity index (χ4v) is 2.74. The smallest absolute Gasteiger partial charge is 0.282 e. The van der Waals surface area contributed by atoms with Crippen LogP contribution >= 0.6 is 11.3 Å². The predicted octanol–water partition coefficient (Wildman–Crippen LogP) is 2.54. The molecule has 0 aliphatic heterocycles. The third kappa shape index (κ3) is 3.65. The maximum absolute atomic E-state index is 13.5. The molecule has 20 heavy (non-hydrogen) atoms. The second-order valence-corrected chi connectivity index (χ2v) is 5.73. The van der Waals surface area contributed by atoms with E-state index in [1.165, 1.54) is 10.9 Å². The number of amides is 1. The van der Waals surface area contributed by atoms with Crippen molar-refractivity contribution in [3.8, 4) is 0 Å². The van der Waals surface area contributed by atoms with Gasteiger partial charge >= 0.3 is 0 Å². The molecule has 0 aliphatic carbocycles. The molecule has 106 valence electrons. The van der Waals surface area contributed by atoms with Crippen LogP contribution in [0.25, 0.3) is 0 Å². The molecule has 3 N–H and O–H groups in total. The lowest BCUT2D eigenvalue weighted by molar-refractivity contribution is -0.709. The minimum atomic E-state index is -0.417. The molecule has 0 bridgehead atoms. The van der Waals surface area contributed by atoms with E-state index in [1.54, 1.807) is 29.5 Å².